The van der Waals surface area contributed by atoms with Crippen LogP contribution in [0.1, 0.15) is 31.7 Å². The van der Waals surface area contributed by atoms with Gasteiger partial charge in [0.05, 0.1) is 10.9 Å². The average molecular weight is 472 g/mol. The van der Waals surface area contributed by atoms with Crippen LogP contribution in [-0.4, -0.2) is 35.4 Å². The number of aromatic nitrogens is 2. The maximum absolute atomic E-state index is 11.6. The van der Waals surface area contributed by atoms with Gasteiger partial charge in [-0.1, -0.05) is 48.9 Å². The van der Waals surface area contributed by atoms with Crippen molar-refractivity contribution >= 4 is 34.6 Å². The van der Waals surface area contributed by atoms with Gasteiger partial charge in [0.1, 0.15) is 23.5 Å². The molecule has 0 unspecified atom stereocenters. The predicted octanol–water partition coefficient (Wildman–Crippen LogP) is 5.61. The Bertz CT molecular complexity index is 1050. The van der Waals surface area contributed by atoms with Gasteiger partial charge in [-0.25, -0.2) is 0 Å². The van der Waals surface area contributed by atoms with E-state index in [2.05, 4.69) is 39.4 Å². The number of hydrogen-bond donors (Lipinski definition) is 0. The fourth-order valence-corrected chi connectivity index (χ4v) is 4.43. The van der Waals surface area contributed by atoms with Gasteiger partial charge in [-0.05, 0) is 36.4 Å². The van der Waals surface area contributed by atoms with Gasteiger partial charge in [-0.3, -0.25) is 4.79 Å². The Morgan fingerprint density at radius 2 is 1.84 bits per heavy atom. The molecule has 0 radical (unpaired) electrons. The zero-order chi connectivity index (χ0) is 22.5. The molecular weight excluding hydrogens is 446 g/mol. The van der Waals surface area contributed by atoms with Gasteiger partial charge in [0, 0.05) is 37.2 Å². The summed E-state index contributed by atoms with van der Waals surface area (Å²) < 4.78 is 11.3. The smallest absolute Gasteiger partial charge is 0.308 e. The second-order valence-corrected chi connectivity index (χ2v) is 9.51. The van der Waals surface area contributed by atoms with E-state index in [0.717, 1.165) is 42.3 Å². The fraction of sp³-hybridized carbons (Fsp3) is 0.375. The lowest BCUT2D eigenvalue weighted by Crippen LogP contribution is -2.38. The highest BCUT2D eigenvalue weighted by Crippen LogP contribution is 2.30. The van der Waals surface area contributed by atoms with Crippen LogP contribution in [-0.2, 0) is 16.1 Å². The van der Waals surface area contributed by atoms with Crippen molar-refractivity contribution in [1.29, 1.82) is 0 Å². The summed E-state index contributed by atoms with van der Waals surface area (Å²) in [6, 6.07) is 16.0. The topological polar surface area (TPSA) is 64.5 Å². The molecule has 0 amide bonds. The van der Waals surface area contributed by atoms with Crippen molar-refractivity contribution in [3.8, 4) is 16.3 Å². The molecule has 0 spiro atoms. The monoisotopic (exact) mass is 471 g/mol. The minimum atomic E-state index is -0.230. The van der Waals surface area contributed by atoms with E-state index in [0.29, 0.717) is 10.0 Å². The summed E-state index contributed by atoms with van der Waals surface area (Å²) in [4.78, 5) is 14.0. The molecule has 0 saturated carbocycles. The first kappa shape index (κ1) is 22.6. The van der Waals surface area contributed by atoms with Gasteiger partial charge >= 0.3 is 5.97 Å². The minimum Gasteiger partial charge on any atom is -0.489 e. The molecule has 1 fully saturated rings. The van der Waals surface area contributed by atoms with Crippen LogP contribution in [0.5, 0.6) is 5.75 Å². The van der Waals surface area contributed by atoms with Crippen LogP contribution in [0.2, 0.25) is 5.02 Å². The lowest BCUT2D eigenvalue weighted by Gasteiger charge is -2.34. The van der Waals surface area contributed by atoms with E-state index in [1.54, 1.807) is 0 Å². The van der Waals surface area contributed by atoms with Gasteiger partial charge in [0.25, 0.3) is 0 Å². The number of anilines is 1. The van der Waals surface area contributed by atoms with Crippen LogP contribution >= 0.6 is 22.9 Å². The fourth-order valence-electron chi connectivity index (χ4n) is 3.49. The number of nitrogens with zero attached hydrogens (tertiary/aromatic N) is 3. The molecule has 8 heteroatoms. The Labute approximate surface area is 197 Å². The second kappa shape index (κ2) is 10.3. The van der Waals surface area contributed by atoms with Crippen molar-refractivity contribution < 1.29 is 14.3 Å². The Balaban J connectivity index is 1.31. The highest BCUT2D eigenvalue weighted by Gasteiger charge is 2.21. The Morgan fingerprint density at radius 3 is 2.53 bits per heavy atom. The number of halogens is 1. The minimum absolute atomic E-state index is 0.150. The molecule has 0 aliphatic carbocycles. The number of carbonyl (C=O) groups excluding carboxylic acids is 1. The molecule has 1 aromatic heterocycles. The summed E-state index contributed by atoms with van der Waals surface area (Å²) >= 11 is 7.66. The molecule has 6 nitrogen and oxygen atoms in total. The normalized spacial score (nSPS) is 14.6. The third kappa shape index (κ3) is 5.58. The number of para-hydroxylation sites is 1. The maximum atomic E-state index is 11.6. The summed E-state index contributed by atoms with van der Waals surface area (Å²) in [6.45, 7) is 5.64. The molecule has 1 aliphatic rings. The van der Waals surface area contributed by atoms with Crippen LogP contribution in [0.4, 0.5) is 5.69 Å². The SMILES string of the molecule is CC(C)C(=O)OCc1nnc(-c2ccc(N3CCC(Oc4ccccc4Cl)CC3)cc2)s1. The predicted molar refractivity (Wildman–Crippen MR) is 127 cm³/mol. The third-order valence-corrected chi connectivity index (χ3v) is 6.59. The molecule has 3 aromatic rings. The van der Waals surface area contributed by atoms with Crippen LogP contribution in [0, 0.1) is 5.92 Å². The first-order valence-corrected chi connectivity index (χ1v) is 11.9. The van der Waals surface area contributed by atoms with E-state index in [1.807, 2.05) is 38.1 Å². The van der Waals surface area contributed by atoms with E-state index < -0.39 is 0 Å². The number of piperidine rings is 1. The highest BCUT2D eigenvalue weighted by atomic mass is 35.5. The van der Waals surface area contributed by atoms with Crippen LogP contribution < -0.4 is 9.64 Å². The van der Waals surface area contributed by atoms with Crippen LogP contribution in [0.15, 0.2) is 48.5 Å². The standard InChI is InChI=1S/C24H26ClN3O3S/c1-16(2)24(29)30-15-22-26-27-23(32-22)17-7-9-18(10-8-17)28-13-11-19(12-14-28)31-21-6-4-3-5-20(21)25/h3-10,16,19H,11-15H2,1-2H3. The zero-order valence-electron chi connectivity index (χ0n) is 18.2. The maximum Gasteiger partial charge on any atom is 0.308 e. The van der Waals surface area contributed by atoms with E-state index in [-0.39, 0.29) is 24.6 Å². The molecule has 2 aromatic carbocycles. The zero-order valence-corrected chi connectivity index (χ0v) is 19.7. The molecule has 1 aliphatic heterocycles. The van der Waals surface area contributed by atoms with Crippen molar-refractivity contribution in [2.24, 2.45) is 5.92 Å². The van der Waals surface area contributed by atoms with E-state index in [1.165, 1.54) is 17.0 Å². The molecule has 0 atom stereocenters. The molecule has 0 N–H and O–H groups in total. The summed E-state index contributed by atoms with van der Waals surface area (Å²) in [5.74, 6) is 0.377. The molecular formula is C24H26ClN3O3S. The van der Waals surface area contributed by atoms with E-state index in [9.17, 15) is 4.79 Å². The van der Waals surface area contributed by atoms with Crippen molar-refractivity contribution in [3.63, 3.8) is 0 Å². The van der Waals surface area contributed by atoms with Crippen molar-refractivity contribution in [1.82, 2.24) is 10.2 Å². The summed E-state index contributed by atoms with van der Waals surface area (Å²) in [7, 11) is 0. The third-order valence-electron chi connectivity index (χ3n) is 5.33. The largest absolute Gasteiger partial charge is 0.489 e. The van der Waals surface area contributed by atoms with Gasteiger partial charge in [0.15, 0.2) is 5.01 Å². The molecule has 1 saturated heterocycles. The summed E-state index contributed by atoms with van der Waals surface area (Å²) in [5.41, 5.74) is 2.19. The number of rotatable bonds is 7. The highest BCUT2D eigenvalue weighted by molar-refractivity contribution is 7.14. The number of benzene rings is 2. The average Bonchev–Trinajstić information content (AvgIpc) is 3.29. The van der Waals surface area contributed by atoms with E-state index >= 15 is 0 Å². The quantitative estimate of drug-likeness (QED) is 0.417. The van der Waals surface area contributed by atoms with Gasteiger partial charge in [-0.15, -0.1) is 10.2 Å². The number of ether oxygens (including phenoxy) is 2. The van der Waals surface area contributed by atoms with Gasteiger partial charge in [-0.2, -0.15) is 0 Å². The van der Waals surface area contributed by atoms with Crippen LogP contribution in [0.3, 0.4) is 0 Å². The van der Waals surface area contributed by atoms with Crippen molar-refractivity contribution in [2.75, 3.05) is 18.0 Å². The number of esters is 1. The summed E-state index contributed by atoms with van der Waals surface area (Å²) in [5, 5.41) is 10.6. The summed E-state index contributed by atoms with van der Waals surface area (Å²) in [6.07, 6.45) is 2.07. The first-order valence-electron chi connectivity index (χ1n) is 10.7. The second-order valence-electron chi connectivity index (χ2n) is 8.04. The molecule has 4 rings (SSSR count). The van der Waals surface area contributed by atoms with E-state index in [4.69, 9.17) is 21.1 Å². The van der Waals surface area contributed by atoms with Crippen molar-refractivity contribution in [2.45, 2.75) is 39.4 Å². The van der Waals surface area contributed by atoms with Gasteiger partial charge in [0.2, 0.25) is 0 Å². The first-order chi connectivity index (χ1) is 15.5. The Morgan fingerprint density at radius 1 is 1.12 bits per heavy atom. The molecule has 168 valence electrons. The Kier molecular flexibility index (Phi) is 7.27. The number of hydrogen-bond acceptors (Lipinski definition) is 7. The lowest BCUT2D eigenvalue weighted by atomic mass is 10.1. The lowest BCUT2D eigenvalue weighted by molar-refractivity contribution is -0.148. The number of carbonyl (C=O) groups is 1. The molecule has 0 bridgehead atoms. The van der Waals surface area contributed by atoms with Gasteiger partial charge < -0.3 is 14.4 Å². The Hall–Kier alpha value is -2.64. The molecule has 32 heavy (non-hydrogen) atoms. The molecule has 2 heterocycles. The van der Waals surface area contributed by atoms with Crippen LogP contribution in [0.25, 0.3) is 10.6 Å². The van der Waals surface area contributed by atoms with Crippen molar-refractivity contribution in [3.05, 3.63) is 58.6 Å².